The number of rotatable bonds is 6. The van der Waals surface area contributed by atoms with Crippen LogP contribution in [0.5, 0.6) is 5.75 Å². The Labute approximate surface area is 216 Å². The summed E-state index contributed by atoms with van der Waals surface area (Å²) >= 11 is 0. The Morgan fingerprint density at radius 1 is 1.08 bits per heavy atom. The zero-order valence-electron chi connectivity index (χ0n) is 21.2. The SMILES string of the molecule is CN(C)c1cccc(C(=O)N2CCCC[C@H]2COc2ccc3c(c2)CN(C2CCC(=O)NC2=O)C3=O)c1. The number of anilines is 1. The molecule has 0 spiro atoms. The molecular formula is C28H32N4O5. The minimum atomic E-state index is -0.644. The molecule has 2 saturated heterocycles. The van der Waals surface area contributed by atoms with E-state index in [4.69, 9.17) is 4.74 Å². The fourth-order valence-corrected chi connectivity index (χ4v) is 5.36. The van der Waals surface area contributed by atoms with Crippen LogP contribution in [-0.4, -0.2) is 72.8 Å². The van der Waals surface area contributed by atoms with Crippen molar-refractivity contribution in [3.8, 4) is 5.75 Å². The smallest absolute Gasteiger partial charge is 0.255 e. The second-order valence-corrected chi connectivity index (χ2v) is 10.1. The first-order chi connectivity index (χ1) is 17.8. The van der Waals surface area contributed by atoms with Crippen molar-refractivity contribution in [2.24, 2.45) is 0 Å². The number of likely N-dealkylation sites (tertiary alicyclic amines) is 1. The molecule has 2 aromatic rings. The van der Waals surface area contributed by atoms with E-state index >= 15 is 0 Å². The Morgan fingerprint density at radius 2 is 1.92 bits per heavy atom. The second-order valence-electron chi connectivity index (χ2n) is 10.1. The van der Waals surface area contributed by atoms with Gasteiger partial charge in [0, 0.05) is 50.4 Å². The predicted octanol–water partition coefficient (Wildman–Crippen LogP) is 2.59. The van der Waals surface area contributed by atoms with Crippen LogP contribution in [0, 0.1) is 0 Å². The number of nitrogens with zero attached hydrogens (tertiary/aromatic N) is 3. The monoisotopic (exact) mass is 504 g/mol. The van der Waals surface area contributed by atoms with Gasteiger partial charge in [0.1, 0.15) is 18.4 Å². The van der Waals surface area contributed by atoms with Gasteiger partial charge >= 0.3 is 0 Å². The molecule has 2 aromatic carbocycles. The van der Waals surface area contributed by atoms with Crippen LogP contribution in [0.1, 0.15) is 58.4 Å². The molecule has 9 nitrogen and oxygen atoms in total. The number of nitrogens with one attached hydrogen (secondary N) is 1. The van der Waals surface area contributed by atoms with Crippen molar-refractivity contribution in [3.05, 3.63) is 59.2 Å². The molecule has 3 heterocycles. The number of piperidine rings is 2. The highest BCUT2D eigenvalue weighted by Crippen LogP contribution is 2.31. The maximum atomic E-state index is 13.4. The third-order valence-corrected chi connectivity index (χ3v) is 7.43. The summed E-state index contributed by atoms with van der Waals surface area (Å²) in [6.07, 6.45) is 3.42. The maximum absolute atomic E-state index is 13.4. The predicted molar refractivity (Wildman–Crippen MR) is 137 cm³/mol. The van der Waals surface area contributed by atoms with Crippen molar-refractivity contribution in [3.63, 3.8) is 0 Å². The van der Waals surface area contributed by atoms with Crippen LogP contribution in [0.3, 0.4) is 0 Å². The number of carbonyl (C=O) groups excluding carboxylic acids is 4. The van der Waals surface area contributed by atoms with Gasteiger partial charge in [-0.15, -0.1) is 0 Å². The third kappa shape index (κ3) is 5.03. The molecule has 9 heteroatoms. The molecule has 2 fully saturated rings. The summed E-state index contributed by atoms with van der Waals surface area (Å²) in [7, 11) is 3.91. The standard InChI is InChI=1S/C28H32N4O5/c1-30(2)20-8-5-6-18(14-20)27(35)31-13-4-3-7-21(31)17-37-22-9-10-23-19(15-22)16-32(28(23)36)24-11-12-25(33)29-26(24)34/h5-6,8-10,14-15,21,24H,3-4,7,11-13,16-17H2,1-2H3,(H,29,33,34)/t21-,24?/m0/s1. The lowest BCUT2D eigenvalue weighted by atomic mass is 10.0. The van der Waals surface area contributed by atoms with Crippen LogP contribution >= 0.6 is 0 Å². The molecule has 2 atom stereocenters. The lowest BCUT2D eigenvalue weighted by Gasteiger charge is -2.35. The minimum absolute atomic E-state index is 0.0106. The minimum Gasteiger partial charge on any atom is -0.491 e. The van der Waals surface area contributed by atoms with Gasteiger partial charge in [0.2, 0.25) is 11.8 Å². The van der Waals surface area contributed by atoms with Gasteiger partial charge in [-0.25, -0.2) is 0 Å². The van der Waals surface area contributed by atoms with Gasteiger partial charge in [-0.1, -0.05) is 6.07 Å². The number of ether oxygens (including phenoxy) is 1. The van der Waals surface area contributed by atoms with E-state index in [1.165, 1.54) is 4.90 Å². The van der Waals surface area contributed by atoms with Gasteiger partial charge in [0.25, 0.3) is 11.8 Å². The van der Waals surface area contributed by atoms with Gasteiger partial charge < -0.3 is 19.4 Å². The number of hydrogen-bond donors (Lipinski definition) is 1. The summed E-state index contributed by atoms with van der Waals surface area (Å²) in [6.45, 7) is 1.36. The number of hydrogen-bond acceptors (Lipinski definition) is 6. The highest BCUT2D eigenvalue weighted by atomic mass is 16.5. The van der Waals surface area contributed by atoms with Crippen molar-refractivity contribution in [1.82, 2.24) is 15.1 Å². The van der Waals surface area contributed by atoms with Gasteiger partial charge in [-0.3, -0.25) is 24.5 Å². The molecule has 0 bridgehead atoms. The fourth-order valence-electron chi connectivity index (χ4n) is 5.36. The van der Waals surface area contributed by atoms with Gasteiger partial charge in [0.05, 0.1) is 6.04 Å². The first-order valence-corrected chi connectivity index (χ1v) is 12.8. The normalized spacial score (nSPS) is 21.5. The lowest BCUT2D eigenvalue weighted by Crippen LogP contribution is -2.52. The summed E-state index contributed by atoms with van der Waals surface area (Å²) in [4.78, 5) is 55.5. The van der Waals surface area contributed by atoms with Crippen molar-refractivity contribution in [1.29, 1.82) is 0 Å². The van der Waals surface area contributed by atoms with Crippen molar-refractivity contribution in [2.75, 3.05) is 32.1 Å². The Bertz CT molecular complexity index is 1240. The molecule has 4 amide bonds. The topological polar surface area (TPSA) is 99.3 Å². The molecule has 5 rings (SSSR count). The first kappa shape index (κ1) is 24.8. The van der Waals surface area contributed by atoms with Crippen LogP contribution in [-0.2, 0) is 16.1 Å². The molecule has 0 aliphatic carbocycles. The van der Waals surface area contributed by atoms with Gasteiger partial charge in [-0.05, 0) is 67.6 Å². The largest absolute Gasteiger partial charge is 0.491 e. The van der Waals surface area contributed by atoms with Crippen LogP contribution in [0.2, 0.25) is 0 Å². The average Bonchev–Trinajstić information content (AvgIpc) is 3.22. The van der Waals surface area contributed by atoms with E-state index in [1.54, 1.807) is 12.1 Å². The highest BCUT2D eigenvalue weighted by molar-refractivity contribution is 6.05. The molecule has 1 N–H and O–H groups in total. The van der Waals surface area contributed by atoms with Crippen LogP contribution in [0.15, 0.2) is 42.5 Å². The molecule has 0 radical (unpaired) electrons. The van der Waals surface area contributed by atoms with E-state index in [-0.39, 0.29) is 30.2 Å². The summed E-state index contributed by atoms with van der Waals surface area (Å²) < 4.78 is 6.14. The molecule has 3 aliphatic heterocycles. The quantitative estimate of drug-likeness (QED) is 0.608. The molecular weight excluding hydrogens is 472 g/mol. The number of imide groups is 1. The number of benzene rings is 2. The summed E-state index contributed by atoms with van der Waals surface area (Å²) in [5.74, 6) is -0.297. The van der Waals surface area contributed by atoms with Crippen LogP contribution < -0.4 is 15.0 Å². The van der Waals surface area contributed by atoms with Crippen molar-refractivity contribution in [2.45, 2.75) is 50.7 Å². The van der Waals surface area contributed by atoms with Crippen molar-refractivity contribution >= 4 is 29.3 Å². The third-order valence-electron chi connectivity index (χ3n) is 7.43. The van der Waals surface area contributed by atoms with E-state index < -0.39 is 11.9 Å². The molecule has 0 saturated carbocycles. The number of amides is 4. The average molecular weight is 505 g/mol. The molecule has 37 heavy (non-hydrogen) atoms. The fraction of sp³-hybridized carbons (Fsp3) is 0.429. The summed E-state index contributed by atoms with van der Waals surface area (Å²) in [5, 5.41) is 2.32. The van der Waals surface area contributed by atoms with E-state index in [1.807, 2.05) is 54.2 Å². The summed E-state index contributed by atoms with van der Waals surface area (Å²) in [5.41, 5.74) is 2.99. The molecule has 1 unspecified atom stereocenters. The van der Waals surface area contributed by atoms with Gasteiger partial charge in [0.15, 0.2) is 0 Å². The maximum Gasteiger partial charge on any atom is 0.255 e. The zero-order chi connectivity index (χ0) is 26.1. The number of carbonyl (C=O) groups is 4. The lowest BCUT2D eigenvalue weighted by molar-refractivity contribution is -0.136. The van der Waals surface area contributed by atoms with Gasteiger partial charge in [-0.2, -0.15) is 0 Å². The van der Waals surface area contributed by atoms with Crippen LogP contribution in [0.4, 0.5) is 5.69 Å². The van der Waals surface area contributed by atoms with Crippen molar-refractivity contribution < 1.29 is 23.9 Å². The zero-order valence-corrected chi connectivity index (χ0v) is 21.2. The molecule has 3 aliphatic rings. The molecule has 194 valence electrons. The second kappa shape index (κ2) is 10.2. The Hall–Kier alpha value is -3.88. The molecule has 0 aromatic heterocycles. The highest BCUT2D eigenvalue weighted by Gasteiger charge is 2.39. The Balaban J connectivity index is 1.25. The Kier molecular flexibility index (Phi) is 6.86. The van der Waals surface area contributed by atoms with Crippen LogP contribution in [0.25, 0.3) is 0 Å². The van der Waals surface area contributed by atoms with E-state index in [0.29, 0.717) is 43.0 Å². The number of fused-ring (bicyclic) bond motifs is 1. The van der Waals surface area contributed by atoms with E-state index in [2.05, 4.69) is 5.32 Å². The Morgan fingerprint density at radius 3 is 2.70 bits per heavy atom. The van der Waals surface area contributed by atoms with E-state index in [0.717, 1.165) is 30.5 Å². The summed E-state index contributed by atoms with van der Waals surface area (Å²) in [6, 6.07) is 12.3. The van der Waals surface area contributed by atoms with E-state index in [9.17, 15) is 19.2 Å². The first-order valence-electron chi connectivity index (χ1n) is 12.8.